The van der Waals surface area contributed by atoms with E-state index >= 15 is 0 Å². The molecule has 0 aliphatic heterocycles. The van der Waals surface area contributed by atoms with Crippen molar-refractivity contribution in [1.29, 1.82) is 0 Å². The quantitative estimate of drug-likeness (QED) is 0.693. The monoisotopic (exact) mass is 372 g/mol. The summed E-state index contributed by atoms with van der Waals surface area (Å²) in [5.74, 6) is -0.445. The Morgan fingerprint density at radius 1 is 1.27 bits per heavy atom. The van der Waals surface area contributed by atoms with E-state index in [1.807, 2.05) is 36.5 Å². The van der Waals surface area contributed by atoms with Gasteiger partial charge in [0.2, 0.25) is 0 Å². The molecule has 26 heavy (non-hydrogen) atoms. The summed E-state index contributed by atoms with van der Waals surface area (Å²) in [5.41, 5.74) is 2.14. The van der Waals surface area contributed by atoms with Gasteiger partial charge in [0.25, 0.3) is 5.91 Å². The van der Waals surface area contributed by atoms with Crippen molar-refractivity contribution in [1.82, 2.24) is 20.0 Å². The molecule has 1 amide bonds. The molecule has 0 radical (unpaired) electrons. The number of carbonyl (C=O) groups excluding carboxylic acids is 1. The van der Waals surface area contributed by atoms with Crippen LogP contribution in [0.4, 0.5) is 4.39 Å². The van der Waals surface area contributed by atoms with E-state index in [1.165, 1.54) is 12.1 Å². The molecule has 7 heteroatoms. The number of amides is 1. The number of rotatable bonds is 7. The first-order chi connectivity index (χ1) is 12.5. The summed E-state index contributed by atoms with van der Waals surface area (Å²) < 4.78 is 14.8. The summed E-state index contributed by atoms with van der Waals surface area (Å²) in [6, 6.07) is 12.0. The molecule has 3 rings (SSSR count). The third kappa shape index (κ3) is 4.56. The number of thiophene rings is 1. The molecule has 0 unspecified atom stereocenters. The number of hydrogen-bond acceptors (Lipinski definition) is 4. The summed E-state index contributed by atoms with van der Waals surface area (Å²) in [7, 11) is 3.92. The lowest BCUT2D eigenvalue weighted by Gasteiger charge is -2.11. The normalized spacial score (nSPS) is 11.1. The topological polar surface area (TPSA) is 50.2 Å². The highest BCUT2D eigenvalue weighted by atomic mass is 32.1. The largest absolute Gasteiger partial charge is 0.349 e. The predicted molar refractivity (Wildman–Crippen MR) is 102 cm³/mol. The third-order valence-electron chi connectivity index (χ3n) is 3.88. The Labute approximate surface area is 156 Å². The Balaban J connectivity index is 1.85. The number of likely N-dealkylation sites (N-methyl/N-ethyl adjacent to an activating group) is 1. The molecule has 0 aliphatic carbocycles. The molecule has 0 fully saturated rings. The first-order valence-electron chi connectivity index (χ1n) is 8.32. The minimum atomic E-state index is -0.282. The van der Waals surface area contributed by atoms with Gasteiger partial charge in [-0.2, -0.15) is 5.10 Å². The molecule has 0 saturated heterocycles. The number of aromatic nitrogens is 2. The lowest BCUT2D eigenvalue weighted by Crippen LogP contribution is -2.32. The summed E-state index contributed by atoms with van der Waals surface area (Å²) >= 11 is 1.58. The zero-order chi connectivity index (χ0) is 18.5. The van der Waals surface area contributed by atoms with Gasteiger partial charge in [-0.3, -0.25) is 9.48 Å². The Bertz CT molecular complexity index is 856. The van der Waals surface area contributed by atoms with E-state index in [1.54, 1.807) is 34.2 Å². The molecule has 0 atom stereocenters. The number of nitrogens with one attached hydrogen (secondary N) is 1. The van der Waals surface area contributed by atoms with E-state index in [0.717, 1.165) is 22.7 Å². The molecule has 0 bridgehead atoms. The summed E-state index contributed by atoms with van der Waals surface area (Å²) in [6.07, 6.45) is 0. The standard InChI is InChI=1S/C19H21FN4OS/c1-23(2)10-9-21-19(25)17-12-16(18-4-3-11-26-18)22-24(17)13-14-5-7-15(20)8-6-14/h3-8,11-12H,9-10,13H2,1-2H3,(H,21,25). The number of benzene rings is 1. The lowest BCUT2D eigenvalue weighted by molar-refractivity contribution is 0.0940. The van der Waals surface area contributed by atoms with Crippen LogP contribution < -0.4 is 5.32 Å². The number of halogens is 1. The smallest absolute Gasteiger partial charge is 0.269 e. The van der Waals surface area contributed by atoms with E-state index in [-0.39, 0.29) is 11.7 Å². The maximum atomic E-state index is 13.1. The van der Waals surface area contributed by atoms with Gasteiger partial charge in [0.15, 0.2) is 0 Å². The van der Waals surface area contributed by atoms with Crippen LogP contribution in [0.5, 0.6) is 0 Å². The van der Waals surface area contributed by atoms with Crippen LogP contribution in [0.25, 0.3) is 10.6 Å². The predicted octanol–water partition coefficient (Wildman–Crippen LogP) is 3.09. The number of carbonyl (C=O) groups is 1. The second-order valence-corrected chi connectivity index (χ2v) is 7.18. The van der Waals surface area contributed by atoms with Crippen molar-refractivity contribution in [3.05, 3.63) is 64.9 Å². The lowest BCUT2D eigenvalue weighted by atomic mass is 10.2. The minimum absolute atomic E-state index is 0.163. The van der Waals surface area contributed by atoms with Gasteiger partial charge in [-0.05, 0) is 49.3 Å². The molecule has 2 heterocycles. The van der Waals surface area contributed by atoms with Crippen molar-refractivity contribution < 1.29 is 9.18 Å². The Hall–Kier alpha value is -2.51. The van der Waals surface area contributed by atoms with Gasteiger partial charge < -0.3 is 10.2 Å². The molecule has 1 aromatic carbocycles. The number of nitrogens with zero attached hydrogens (tertiary/aromatic N) is 3. The fraction of sp³-hybridized carbons (Fsp3) is 0.263. The summed E-state index contributed by atoms with van der Waals surface area (Å²) in [4.78, 5) is 15.6. The Morgan fingerprint density at radius 2 is 2.04 bits per heavy atom. The fourth-order valence-electron chi connectivity index (χ4n) is 2.51. The van der Waals surface area contributed by atoms with Crippen molar-refractivity contribution in [2.75, 3.05) is 27.2 Å². The van der Waals surface area contributed by atoms with Gasteiger partial charge in [-0.15, -0.1) is 11.3 Å². The van der Waals surface area contributed by atoms with Crippen molar-refractivity contribution in [2.24, 2.45) is 0 Å². The van der Waals surface area contributed by atoms with E-state index < -0.39 is 0 Å². The highest BCUT2D eigenvalue weighted by molar-refractivity contribution is 7.13. The van der Waals surface area contributed by atoms with Crippen molar-refractivity contribution in [3.8, 4) is 10.6 Å². The van der Waals surface area contributed by atoms with E-state index in [9.17, 15) is 9.18 Å². The van der Waals surface area contributed by atoms with Gasteiger partial charge in [0.05, 0.1) is 11.4 Å². The SMILES string of the molecule is CN(C)CCNC(=O)c1cc(-c2cccs2)nn1Cc1ccc(F)cc1. The van der Waals surface area contributed by atoms with E-state index in [4.69, 9.17) is 0 Å². The fourth-order valence-corrected chi connectivity index (χ4v) is 3.19. The van der Waals surface area contributed by atoms with Crippen LogP contribution in [0.3, 0.4) is 0 Å². The maximum absolute atomic E-state index is 13.1. The summed E-state index contributed by atoms with van der Waals surface area (Å²) in [6.45, 7) is 1.72. The van der Waals surface area contributed by atoms with Crippen LogP contribution in [-0.2, 0) is 6.54 Å². The zero-order valence-electron chi connectivity index (χ0n) is 14.8. The van der Waals surface area contributed by atoms with Crippen LogP contribution in [0.1, 0.15) is 16.1 Å². The Kier molecular flexibility index (Phi) is 5.80. The molecular formula is C19H21FN4OS. The summed E-state index contributed by atoms with van der Waals surface area (Å²) in [5, 5.41) is 9.50. The molecular weight excluding hydrogens is 351 g/mol. The average molecular weight is 372 g/mol. The van der Waals surface area contributed by atoms with Gasteiger partial charge in [0.1, 0.15) is 17.2 Å². The van der Waals surface area contributed by atoms with Crippen molar-refractivity contribution in [2.45, 2.75) is 6.54 Å². The average Bonchev–Trinajstić information content (AvgIpc) is 3.26. The molecule has 3 aromatic rings. The highest BCUT2D eigenvalue weighted by Crippen LogP contribution is 2.24. The Morgan fingerprint density at radius 3 is 2.69 bits per heavy atom. The first-order valence-corrected chi connectivity index (χ1v) is 9.20. The first kappa shape index (κ1) is 18.3. The minimum Gasteiger partial charge on any atom is -0.349 e. The van der Waals surface area contributed by atoms with Crippen molar-refractivity contribution >= 4 is 17.2 Å². The maximum Gasteiger partial charge on any atom is 0.269 e. The van der Waals surface area contributed by atoms with Gasteiger partial charge in [0, 0.05) is 13.1 Å². The van der Waals surface area contributed by atoms with Gasteiger partial charge in [-0.1, -0.05) is 18.2 Å². The second kappa shape index (κ2) is 8.25. The van der Waals surface area contributed by atoms with Crippen LogP contribution >= 0.6 is 11.3 Å². The molecule has 0 spiro atoms. The van der Waals surface area contributed by atoms with Crippen molar-refractivity contribution in [3.63, 3.8) is 0 Å². The van der Waals surface area contributed by atoms with Gasteiger partial charge in [-0.25, -0.2) is 4.39 Å². The van der Waals surface area contributed by atoms with Crippen LogP contribution in [-0.4, -0.2) is 47.8 Å². The van der Waals surface area contributed by atoms with E-state index in [0.29, 0.717) is 18.8 Å². The number of hydrogen-bond donors (Lipinski definition) is 1. The molecule has 2 aromatic heterocycles. The molecule has 0 aliphatic rings. The van der Waals surface area contributed by atoms with Crippen LogP contribution in [0.15, 0.2) is 47.8 Å². The van der Waals surface area contributed by atoms with Gasteiger partial charge >= 0.3 is 0 Å². The van der Waals surface area contributed by atoms with Crippen LogP contribution in [0, 0.1) is 5.82 Å². The molecule has 0 saturated carbocycles. The molecule has 136 valence electrons. The van der Waals surface area contributed by atoms with Crippen LogP contribution in [0.2, 0.25) is 0 Å². The molecule has 1 N–H and O–H groups in total. The zero-order valence-corrected chi connectivity index (χ0v) is 15.6. The molecule has 5 nitrogen and oxygen atoms in total. The highest BCUT2D eigenvalue weighted by Gasteiger charge is 2.17. The second-order valence-electron chi connectivity index (χ2n) is 6.24. The third-order valence-corrected chi connectivity index (χ3v) is 4.77. The van der Waals surface area contributed by atoms with E-state index in [2.05, 4.69) is 10.4 Å².